The maximum absolute atomic E-state index is 6.45. The van der Waals surface area contributed by atoms with E-state index in [4.69, 9.17) is 9.73 Å². The first-order chi connectivity index (χ1) is 25.2. The van der Waals surface area contributed by atoms with Crippen LogP contribution in [0.3, 0.4) is 0 Å². The molecular weight excluding hydrogens is 645 g/mol. The van der Waals surface area contributed by atoms with Crippen LogP contribution in [0.1, 0.15) is 28.5 Å². The van der Waals surface area contributed by atoms with Crippen molar-refractivity contribution in [2.24, 2.45) is 10.7 Å². The Morgan fingerprint density at radius 2 is 1.41 bits per heavy atom. The highest BCUT2D eigenvalue weighted by Gasteiger charge is 2.27. The Bertz CT molecular complexity index is 2750. The summed E-state index contributed by atoms with van der Waals surface area (Å²) < 4.78 is 11.4. The molecule has 2 aliphatic heterocycles. The second kappa shape index (κ2) is 12.6. The molecule has 0 bridgehead atoms. The number of fused-ring (bicyclic) bond motifs is 9. The van der Waals surface area contributed by atoms with E-state index in [2.05, 4.69) is 131 Å². The summed E-state index contributed by atoms with van der Waals surface area (Å²) in [6, 6.07) is 47.0. The van der Waals surface area contributed by atoms with Crippen LogP contribution in [0.2, 0.25) is 0 Å². The molecule has 2 aromatic heterocycles. The third kappa shape index (κ3) is 5.07. The average molecular weight is 679 g/mol. The summed E-state index contributed by atoms with van der Waals surface area (Å²) in [7, 11) is 1.50. The van der Waals surface area contributed by atoms with E-state index in [9.17, 15) is 0 Å². The van der Waals surface area contributed by atoms with Crippen molar-refractivity contribution in [1.29, 1.82) is 0 Å². The molecular formula is C45H34N4OS. The Morgan fingerprint density at radius 3 is 2.27 bits per heavy atom. The molecule has 1 unspecified atom stereocenters. The highest BCUT2D eigenvalue weighted by Crippen LogP contribution is 2.44. The third-order valence-corrected chi connectivity index (χ3v) is 10.8. The number of nitrogens with one attached hydrogen (secondary N) is 1. The molecule has 8 aromatic rings. The first-order valence-corrected chi connectivity index (χ1v) is 17.8. The van der Waals surface area contributed by atoms with Crippen LogP contribution >= 0.6 is 11.3 Å². The number of rotatable bonds is 3. The minimum Gasteiger partial charge on any atom is -0.456 e. The summed E-state index contributed by atoms with van der Waals surface area (Å²) >= 11 is 1.85. The topological polar surface area (TPSA) is 64.6 Å². The zero-order valence-corrected chi connectivity index (χ0v) is 28.8. The van der Waals surface area contributed by atoms with Crippen molar-refractivity contribution in [3.8, 4) is 5.75 Å². The second-order valence-corrected chi connectivity index (χ2v) is 13.5. The lowest BCUT2D eigenvalue weighted by Gasteiger charge is -2.28. The third-order valence-electron chi connectivity index (χ3n) is 9.61. The summed E-state index contributed by atoms with van der Waals surface area (Å²) in [6.45, 7) is 4.20. The van der Waals surface area contributed by atoms with E-state index in [-0.39, 0.29) is 6.29 Å². The summed E-state index contributed by atoms with van der Waals surface area (Å²) in [5, 5.41) is 8.83. The fourth-order valence-corrected chi connectivity index (χ4v) is 8.45. The minimum atomic E-state index is -0.359. The maximum atomic E-state index is 6.45. The number of nitrogens with zero attached hydrogens (tertiary/aromatic N) is 2. The van der Waals surface area contributed by atoms with Crippen LogP contribution in [0.4, 0.5) is 5.69 Å². The summed E-state index contributed by atoms with van der Waals surface area (Å²) in [6.07, 6.45) is 5.67. The number of allylic oxidation sites excluding steroid dienone is 4. The summed E-state index contributed by atoms with van der Waals surface area (Å²) in [5.41, 5.74) is 13.9. The quantitative estimate of drug-likeness (QED) is 0.195. The van der Waals surface area contributed by atoms with Crippen LogP contribution in [0, 0.1) is 0 Å². The molecule has 0 radical (unpaired) electrons. The number of nitrogens with two attached hydrogens (primary N) is 1. The fourth-order valence-electron chi connectivity index (χ4n) is 7.35. The molecule has 51 heavy (non-hydrogen) atoms. The molecule has 0 spiro atoms. The monoisotopic (exact) mass is 678 g/mol. The van der Waals surface area contributed by atoms with Crippen LogP contribution in [0.15, 0.2) is 163 Å². The van der Waals surface area contributed by atoms with Crippen molar-refractivity contribution in [3.63, 3.8) is 0 Å². The number of thiophene rings is 1. The van der Waals surface area contributed by atoms with Crippen LogP contribution < -0.4 is 15.8 Å². The zero-order chi connectivity index (χ0) is 34.5. The average Bonchev–Trinajstić information content (AvgIpc) is 3.73. The van der Waals surface area contributed by atoms with Crippen molar-refractivity contribution in [3.05, 3.63) is 181 Å². The van der Waals surface area contributed by atoms with Gasteiger partial charge in [-0.15, -0.1) is 11.3 Å². The van der Waals surface area contributed by atoms with Gasteiger partial charge in [-0.25, -0.2) is 4.99 Å². The second-order valence-electron chi connectivity index (χ2n) is 12.5. The molecule has 1 atom stereocenters. The number of ether oxygens (including phenoxy) is 1. The first kappa shape index (κ1) is 30.8. The van der Waals surface area contributed by atoms with Gasteiger partial charge in [-0.1, -0.05) is 122 Å². The van der Waals surface area contributed by atoms with Gasteiger partial charge in [0.05, 0.1) is 16.7 Å². The highest BCUT2D eigenvalue weighted by molar-refractivity contribution is 7.26. The van der Waals surface area contributed by atoms with Crippen LogP contribution in [0.5, 0.6) is 5.75 Å². The Balaban J connectivity index is 0.00000171. The van der Waals surface area contributed by atoms with Crippen molar-refractivity contribution < 1.29 is 4.74 Å². The van der Waals surface area contributed by atoms with Crippen LogP contribution in [-0.2, 0) is 0 Å². The predicted molar refractivity (Wildman–Crippen MR) is 217 cm³/mol. The van der Waals surface area contributed by atoms with Crippen LogP contribution in [-0.4, -0.2) is 17.3 Å². The van der Waals surface area contributed by atoms with E-state index >= 15 is 0 Å². The highest BCUT2D eigenvalue weighted by atomic mass is 32.1. The fraction of sp³-hybridized carbons (Fsp3) is 0.0444. The molecule has 6 aromatic carbocycles. The SMILES string of the molecule is C=C1/C=C\C=C(\c2ccc(C3=NC(n4c5ccccc5c5ccc6sc7ccccc7c6c54)Nc4ccccc43)cc2)Oc2ccccc21.CN. The smallest absolute Gasteiger partial charge is 0.201 e. The van der Waals surface area contributed by atoms with Gasteiger partial charge in [-0.2, -0.15) is 0 Å². The van der Waals surface area contributed by atoms with E-state index in [1.807, 2.05) is 53.8 Å². The van der Waals surface area contributed by atoms with Crippen LogP contribution in [0.25, 0.3) is 53.3 Å². The molecule has 6 heteroatoms. The van der Waals surface area contributed by atoms with Gasteiger partial charge in [0.2, 0.25) is 6.29 Å². The molecule has 0 saturated carbocycles. The summed E-state index contributed by atoms with van der Waals surface area (Å²) in [5.74, 6) is 1.58. The van der Waals surface area contributed by atoms with Gasteiger partial charge in [0.1, 0.15) is 11.5 Å². The number of aliphatic imine (C=N–C) groups is 1. The molecule has 4 heterocycles. The Morgan fingerprint density at radius 1 is 0.706 bits per heavy atom. The number of aromatic nitrogens is 1. The lowest BCUT2D eigenvalue weighted by Crippen LogP contribution is -2.24. The number of hydrogen-bond donors (Lipinski definition) is 2. The van der Waals surface area contributed by atoms with Gasteiger partial charge in [-0.3, -0.25) is 0 Å². The molecule has 246 valence electrons. The molecule has 2 aliphatic rings. The number of para-hydroxylation sites is 3. The van der Waals surface area contributed by atoms with Crippen molar-refractivity contribution >= 4 is 76.0 Å². The van der Waals surface area contributed by atoms with Gasteiger partial charge in [0.25, 0.3) is 0 Å². The maximum Gasteiger partial charge on any atom is 0.201 e. The molecule has 0 fully saturated rings. The lowest BCUT2D eigenvalue weighted by atomic mass is 9.97. The number of benzene rings is 6. The van der Waals surface area contributed by atoms with Gasteiger partial charge in [0.15, 0.2) is 0 Å². The van der Waals surface area contributed by atoms with Gasteiger partial charge in [0, 0.05) is 58.9 Å². The molecule has 0 amide bonds. The Kier molecular flexibility index (Phi) is 7.61. The standard InChI is InChI=1S/C44H29N3OS.CH5N/c1-27-11-10-19-37(48-38-18-8-4-12-30(27)38)28-21-23-29(24-22-28)42-33-14-2-6-16-35(33)45-44(46-42)47-36-17-7-3-13-31(36)32-25-26-40-41(43(32)47)34-15-5-9-20-39(34)49-40;1-2/h2-26,44-45H,1H2;2H2,1H3/b11-10-,37-19-;. The van der Waals surface area contributed by atoms with Gasteiger partial charge < -0.3 is 20.4 Å². The van der Waals surface area contributed by atoms with E-state index in [0.29, 0.717) is 0 Å². The van der Waals surface area contributed by atoms with E-state index in [1.54, 1.807) is 0 Å². The normalized spacial score (nSPS) is 16.8. The van der Waals surface area contributed by atoms with Crippen molar-refractivity contribution in [2.75, 3.05) is 12.4 Å². The first-order valence-electron chi connectivity index (χ1n) is 17.0. The lowest BCUT2D eigenvalue weighted by molar-refractivity contribution is 0.513. The molecule has 0 aliphatic carbocycles. The molecule has 10 rings (SSSR count). The Hall–Kier alpha value is -6.21. The van der Waals surface area contributed by atoms with Crippen molar-refractivity contribution in [2.45, 2.75) is 6.29 Å². The minimum absolute atomic E-state index is 0.359. The van der Waals surface area contributed by atoms with E-state index < -0.39 is 0 Å². The van der Waals surface area contributed by atoms with E-state index in [0.717, 1.165) is 56.3 Å². The van der Waals surface area contributed by atoms with Gasteiger partial charge in [-0.05, 0) is 49.0 Å². The largest absolute Gasteiger partial charge is 0.456 e. The van der Waals surface area contributed by atoms with Gasteiger partial charge >= 0.3 is 0 Å². The zero-order valence-electron chi connectivity index (χ0n) is 28.0. The number of hydrogen-bond acceptors (Lipinski definition) is 5. The Labute approximate surface area is 299 Å². The molecule has 5 nitrogen and oxygen atoms in total. The van der Waals surface area contributed by atoms with Crippen molar-refractivity contribution in [1.82, 2.24) is 4.57 Å². The number of anilines is 1. The summed E-state index contributed by atoms with van der Waals surface area (Å²) in [4.78, 5) is 5.52. The molecule has 3 N–H and O–H groups in total. The molecule has 0 saturated heterocycles. The predicted octanol–water partition coefficient (Wildman–Crippen LogP) is 11.2. The van der Waals surface area contributed by atoms with E-state index in [1.165, 1.54) is 43.5 Å².